The number of pyridine rings is 1. The summed E-state index contributed by atoms with van der Waals surface area (Å²) in [6.45, 7) is 3.83. The van der Waals surface area contributed by atoms with Gasteiger partial charge in [-0.25, -0.2) is 4.98 Å². The van der Waals surface area contributed by atoms with Gasteiger partial charge in [0.15, 0.2) is 0 Å². The molecule has 1 aliphatic carbocycles. The molecule has 0 spiro atoms. The molecule has 1 aromatic rings. The van der Waals surface area contributed by atoms with Crippen LogP contribution in [-0.4, -0.2) is 30.0 Å². The second-order valence-electron chi connectivity index (χ2n) is 5.65. The fraction of sp³-hybridized carbons (Fsp3) is 0.600. The third kappa shape index (κ3) is 3.28. The molecular formula is C15H24N4O. The van der Waals surface area contributed by atoms with Gasteiger partial charge >= 0.3 is 0 Å². The number of primary amides is 1. The lowest BCUT2D eigenvalue weighted by Gasteiger charge is -2.29. The van der Waals surface area contributed by atoms with Gasteiger partial charge in [0, 0.05) is 17.8 Å². The quantitative estimate of drug-likeness (QED) is 0.782. The third-order valence-corrected chi connectivity index (χ3v) is 4.07. The van der Waals surface area contributed by atoms with Gasteiger partial charge in [-0.2, -0.15) is 0 Å². The highest BCUT2D eigenvalue weighted by atomic mass is 16.1. The summed E-state index contributed by atoms with van der Waals surface area (Å²) in [6, 6.07) is 2.87. The molecule has 1 amide bonds. The zero-order valence-electron chi connectivity index (χ0n) is 12.5. The van der Waals surface area contributed by atoms with Crippen LogP contribution >= 0.6 is 0 Å². The molecule has 0 atom stereocenters. The summed E-state index contributed by atoms with van der Waals surface area (Å²) in [4.78, 5) is 16.1. The molecule has 0 aromatic carbocycles. The molecule has 0 saturated heterocycles. The number of rotatable bonds is 4. The Morgan fingerprint density at radius 1 is 1.25 bits per heavy atom. The molecule has 0 unspecified atom stereocenters. The van der Waals surface area contributed by atoms with Gasteiger partial charge in [0.05, 0.1) is 5.56 Å². The lowest BCUT2D eigenvalue weighted by Crippen LogP contribution is -2.35. The Kier molecular flexibility index (Phi) is 4.60. The van der Waals surface area contributed by atoms with Crippen molar-refractivity contribution in [3.05, 3.63) is 22.9 Å². The fourth-order valence-corrected chi connectivity index (χ4v) is 2.97. The minimum atomic E-state index is -0.415. The Bertz CT molecular complexity index is 493. The normalized spacial score (nSPS) is 22.6. The number of aromatic nitrogens is 1. The molecule has 1 saturated carbocycles. The minimum absolute atomic E-state index is 0.367. The molecule has 2 rings (SSSR count). The molecule has 0 radical (unpaired) electrons. The maximum absolute atomic E-state index is 11.6. The van der Waals surface area contributed by atoms with Crippen molar-refractivity contribution >= 4 is 11.7 Å². The first-order valence-corrected chi connectivity index (χ1v) is 7.23. The number of anilines is 1. The van der Waals surface area contributed by atoms with Gasteiger partial charge in [0.2, 0.25) is 0 Å². The zero-order valence-corrected chi connectivity index (χ0v) is 12.5. The summed E-state index contributed by atoms with van der Waals surface area (Å²) in [5.41, 5.74) is 7.79. The molecule has 5 heteroatoms. The van der Waals surface area contributed by atoms with Crippen molar-refractivity contribution < 1.29 is 4.79 Å². The number of hydrogen-bond acceptors (Lipinski definition) is 4. The summed E-state index contributed by atoms with van der Waals surface area (Å²) in [5.74, 6) is 0.226. The summed E-state index contributed by atoms with van der Waals surface area (Å²) >= 11 is 0. The topological polar surface area (TPSA) is 80.0 Å². The second-order valence-corrected chi connectivity index (χ2v) is 5.65. The molecule has 20 heavy (non-hydrogen) atoms. The highest BCUT2D eigenvalue weighted by Crippen LogP contribution is 2.24. The van der Waals surface area contributed by atoms with Crippen LogP contribution < -0.4 is 16.4 Å². The molecule has 1 aliphatic rings. The molecule has 1 fully saturated rings. The highest BCUT2D eigenvalue weighted by molar-refractivity contribution is 5.99. The maximum atomic E-state index is 11.6. The molecule has 110 valence electrons. The van der Waals surface area contributed by atoms with Crippen LogP contribution in [0.5, 0.6) is 0 Å². The Balaban J connectivity index is 2.15. The lowest BCUT2D eigenvalue weighted by molar-refractivity contribution is 0.1000. The van der Waals surface area contributed by atoms with Crippen LogP contribution in [0.4, 0.5) is 5.82 Å². The lowest BCUT2D eigenvalue weighted by atomic mass is 9.91. The summed E-state index contributed by atoms with van der Waals surface area (Å²) in [7, 11) is 2.01. The summed E-state index contributed by atoms with van der Waals surface area (Å²) < 4.78 is 0. The van der Waals surface area contributed by atoms with E-state index in [1.807, 2.05) is 27.0 Å². The fourth-order valence-electron chi connectivity index (χ4n) is 2.97. The first kappa shape index (κ1) is 14.8. The van der Waals surface area contributed by atoms with E-state index < -0.39 is 5.91 Å². The summed E-state index contributed by atoms with van der Waals surface area (Å²) in [6.07, 6.45) is 4.45. The minimum Gasteiger partial charge on any atom is -0.367 e. The number of nitrogens with one attached hydrogen (secondary N) is 2. The van der Waals surface area contributed by atoms with Gasteiger partial charge in [-0.1, -0.05) is 0 Å². The molecule has 1 heterocycles. The standard InChI is InChI=1S/C15H24N4O/c1-9-8-10(2)18-15(13(9)14(16)20)19-12-6-4-11(17-3)5-7-12/h8,11-12,17H,4-7H2,1-3H3,(H2,16,20)(H,18,19). The molecule has 5 nitrogen and oxygen atoms in total. The Hall–Kier alpha value is -1.62. The van der Waals surface area contributed by atoms with E-state index in [4.69, 9.17) is 5.73 Å². The van der Waals surface area contributed by atoms with Crippen molar-refractivity contribution in [2.75, 3.05) is 12.4 Å². The van der Waals surface area contributed by atoms with E-state index in [1.54, 1.807) is 0 Å². The van der Waals surface area contributed by atoms with Gasteiger partial charge in [-0.3, -0.25) is 4.79 Å². The van der Waals surface area contributed by atoms with Crippen LogP contribution in [0.15, 0.2) is 6.07 Å². The first-order chi connectivity index (χ1) is 9.51. The van der Waals surface area contributed by atoms with Gasteiger partial charge in [0.25, 0.3) is 5.91 Å². The first-order valence-electron chi connectivity index (χ1n) is 7.23. The smallest absolute Gasteiger partial charge is 0.252 e. The molecule has 4 N–H and O–H groups in total. The van der Waals surface area contributed by atoms with E-state index in [9.17, 15) is 4.79 Å². The van der Waals surface area contributed by atoms with Gasteiger partial charge < -0.3 is 16.4 Å². The molecule has 0 bridgehead atoms. The van der Waals surface area contributed by atoms with Crippen molar-refractivity contribution in [2.45, 2.75) is 51.6 Å². The van der Waals surface area contributed by atoms with E-state index >= 15 is 0 Å². The van der Waals surface area contributed by atoms with E-state index in [1.165, 1.54) is 0 Å². The average Bonchev–Trinajstić information content (AvgIpc) is 2.38. The van der Waals surface area contributed by atoms with Crippen LogP contribution in [-0.2, 0) is 0 Å². The monoisotopic (exact) mass is 276 g/mol. The predicted octanol–water partition coefficient (Wildman–Crippen LogP) is 1.74. The average molecular weight is 276 g/mol. The van der Waals surface area contributed by atoms with E-state index in [0.29, 0.717) is 23.5 Å². The number of hydrogen-bond donors (Lipinski definition) is 3. The van der Waals surface area contributed by atoms with Crippen LogP contribution in [0, 0.1) is 13.8 Å². The van der Waals surface area contributed by atoms with Crippen molar-refractivity contribution in [3.8, 4) is 0 Å². The Morgan fingerprint density at radius 2 is 1.85 bits per heavy atom. The Morgan fingerprint density at radius 3 is 2.40 bits per heavy atom. The van der Waals surface area contributed by atoms with E-state index in [0.717, 1.165) is 36.9 Å². The van der Waals surface area contributed by atoms with Crippen molar-refractivity contribution in [3.63, 3.8) is 0 Å². The summed E-state index contributed by atoms with van der Waals surface area (Å²) in [5, 5.41) is 6.74. The van der Waals surface area contributed by atoms with Crippen molar-refractivity contribution in [1.29, 1.82) is 0 Å². The number of carbonyl (C=O) groups excluding carboxylic acids is 1. The number of amides is 1. The Labute approximate surface area is 120 Å². The van der Waals surface area contributed by atoms with Crippen molar-refractivity contribution in [2.24, 2.45) is 5.73 Å². The van der Waals surface area contributed by atoms with E-state index in [2.05, 4.69) is 15.6 Å². The molecule has 0 aliphatic heterocycles. The third-order valence-electron chi connectivity index (χ3n) is 4.07. The maximum Gasteiger partial charge on any atom is 0.252 e. The van der Waals surface area contributed by atoms with Crippen LogP contribution in [0.3, 0.4) is 0 Å². The zero-order chi connectivity index (χ0) is 14.7. The molecule has 1 aromatic heterocycles. The SMILES string of the molecule is CNC1CCC(Nc2nc(C)cc(C)c2C(N)=O)CC1. The highest BCUT2D eigenvalue weighted by Gasteiger charge is 2.22. The predicted molar refractivity (Wildman–Crippen MR) is 81.0 cm³/mol. The van der Waals surface area contributed by atoms with Gasteiger partial charge in [-0.05, 0) is 58.2 Å². The van der Waals surface area contributed by atoms with Crippen molar-refractivity contribution in [1.82, 2.24) is 10.3 Å². The van der Waals surface area contributed by atoms with Crippen LogP contribution in [0.2, 0.25) is 0 Å². The number of nitrogens with zero attached hydrogens (tertiary/aromatic N) is 1. The van der Waals surface area contributed by atoms with Gasteiger partial charge in [0.1, 0.15) is 5.82 Å². The van der Waals surface area contributed by atoms with E-state index in [-0.39, 0.29) is 0 Å². The number of aryl methyl sites for hydroxylation is 2. The van der Waals surface area contributed by atoms with Crippen LogP contribution in [0.1, 0.15) is 47.3 Å². The number of carbonyl (C=O) groups is 1. The van der Waals surface area contributed by atoms with Crippen LogP contribution in [0.25, 0.3) is 0 Å². The second kappa shape index (κ2) is 6.22. The number of nitrogens with two attached hydrogens (primary N) is 1. The molecular weight excluding hydrogens is 252 g/mol. The largest absolute Gasteiger partial charge is 0.367 e. The van der Waals surface area contributed by atoms with Gasteiger partial charge in [-0.15, -0.1) is 0 Å².